The summed E-state index contributed by atoms with van der Waals surface area (Å²) in [5, 5.41) is 17.1. The Labute approximate surface area is 204 Å². The molecule has 0 bridgehead atoms. The summed E-state index contributed by atoms with van der Waals surface area (Å²) in [5.41, 5.74) is 2.41. The van der Waals surface area contributed by atoms with Crippen molar-refractivity contribution in [1.29, 1.82) is 0 Å². The quantitative estimate of drug-likeness (QED) is 0.622. The van der Waals surface area contributed by atoms with E-state index >= 15 is 0 Å². The molecule has 2 N–H and O–H groups in total. The van der Waals surface area contributed by atoms with Crippen LogP contribution in [-0.2, 0) is 14.4 Å². The van der Waals surface area contributed by atoms with Crippen molar-refractivity contribution in [3.8, 4) is 10.4 Å². The molecule has 184 valence electrons. The van der Waals surface area contributed by atoms with E-state index in [1.54, 1.807) is 0 Å². The fourth-order valence-electron chi connectivity index (χ4n) is 4.39. The second-order valence-electron chi connectivity index (χ2n) is 10.3. The number of hydrogen-bond donors (Lipinski definition) is 2. The maximum atomic E-state index is 13.4. The highest BCUT2D eigenvalue weighted by atomic mass is 32.1. The van der Waals surface area contributed by atoms with Gasteiger partial charge in [0.25, 0.3) is 0 Å². The maximum absolute atomic E-state index is 13.4. The molecule has 0 spiro atoms. The van der Waals surface area contributed by atoms with Gasteiger partial charge in [-0.3, -0.25) is 14.4 Å². The minimum Gasteiger partial charge on any atom is -0.391 e. The van der Waals surface area contributed by atoms with Crippen molar-refractivity contribution in [2.24, 2.45) is 5.41 Å². The van der Waals surface area contributed by atoms with E-state index in [4.69, 9.17) is 0 Å². The lowest BCUT2D eigenvalue weighted by molar-refractivity contribution is -0.143. The first-order valence-electron chi connectivity index (χ1n) is 11.6. The van der Waals surface area contributed by atoms with Crippen LogP contribution >= 0.6 is 11.5 Å². The lowest BCUT2D eigenvalue weighted by atomic mass is 9.85. The summed E-state index contributed by atoms with van der Waals surface area (Å²) >= 11 is 1.35. The van der Waals surface area contributed by atoms with Crippen LogP contribution in [0.25, 0.3) is 10.4 Å². The predicted molar refractivity (Wildman–Crippen MR) is 131 cm³/mol. The zero-order chi connectivity index (χ0) is 25.2. The molecule has 34 heavy (non-hydrogen) atoms. The van der Waals surface area contributed by atoms with Crippen LogP contribution in [0.2, 0.25) is 0 Å². The van der Waals surface area contributed by atoms with E-state index in [0.29, 0.717) is 0 Å². The molecule has 0 aliphatic carbocycles. The van der Waals surface area contributed by atoms with E-state index in [0.717, 1.165) is 21.7 Å². The van der Waals surface area contributed by atoms with Gasteiger partial charge in [-0.25, -0.2) is 0 Å². The van der Waals surface area contributed by atoms with Crippen molar-refractivity contribution in [3.63, 3.8) is 0 Å². The van der Waals surface area contributed by atoms with Gasteiger partial charge >= 0.3 is 0 Å². The predicted octanol–water partition coefficient (Wildman–Crippen LogP) is 3.09. The van der Waals surface area contributed by atoms with E-state index in [2.05, 4.69) is 14.9 Å². The van der Waals surface area contributed by atoms with Gasteiger partial charge in [-0.1, -0.05) is 56.4 Å². The molecule has 2 heterocycles. The number of rotatable bonds is 7. The number of ketones is 1. The van der Waals surface area contributed by atoms with Crippen LogP contribution in [0.5, 0.6) is 0 Å². The zero-order valence-corrected chi connectivity index (χ0v) is 21.5. The molecule has 1 saturated heterocycles. The SMILES string of the molecule is CC(=O)N[C@H](C(=O)N1C[C@H](O)C[C@H]1C(=O)C[C@@H](C)c1ccc(-c2snnc2C)cc1)C(C)(C)C. The average molecular weight is 487 g/mol. The molecule has 0 radical (unpaired) electrons. The van der Waals surface area contributed by atoms with Crippen molar-refractivity contribution in [2.75, 3.05) is 6.54 Å². The number of benzene rings is 1. The molecule has 0 unspecified atom stereocenters. The second-order valence-corrected chi connectivity index (χ2v) is 11.0. The molecule has 2 aromatic rings. The van der Waals surface area contributed by atoms with Crippen molar-refractivity contribution in [3.05, 3.63) is 35.5 Å². The van der Waals surface area contributed by atoms with Crippen LogP contribution in [0, 0.1) is 12.3 Å². The second kappa shape index (κ2) is 10.3. The summed E-state index contributed by atoms with van der Waals surface area (Å²) in [4.78, 5) is 40.8. The lowest BCUT2D eigenvalue weighted by Crippen LogP contribution is -2.56. The molecule has 2 amide bonds. The molecule has 1 aromatic carbocycles. The number of β-amino-alcohol motifs (C(OH)–C–C–N with tert-alkyl or cyclic N) is 1. The molecule has 1 fully saturated rings. The van der Waals surface area contributed by atoms with Gasteiger partial charge in [-0.05, 0) is 40.9 Å². The third-order valence-electron chi connectivity index (χ3n) is 6.30. The number of nitrogens with zero attached hydrogens (tertiary/aromatic N) is 3. The largest absolute Gasteiger partial charge is 0.391 e. The maximum Gasteiger partial charge on any atom is 0.246 e. The lowest BCUT2D eigenvalue weighted by Gasteiger charge is -2.35. The first kappa shape index (κ1) is 26.0. The summed E-state index contributed by atoms with van der Waals surface area (Å²) in [5.74, 6) is -0.773. The molecular weight excluding hydrogens is 452 g/mol. The number of aliphatic hydroxyl groups is 1. The van der Waals surface area contributed by atoms with Crippen LogP contribution < -0.4 is 5.32 Å². The number of aryl methyl sites for hydroxylation is 1. The van der Waals surface area contributed by atoms with Gasteiger partial charge in [0.2, 0.25) is 11.8 Å². The minimum atomic E-state index is -0.778. The number of hydrogen-bond acceptors (Lipinski definition) is 7. The van der Waals surface area contributed by atoms with Crippen LogP contribution in [0.3, 0.4) is 0 Å². The molecule has 9 heteroatoms. The number of aromatic nitrogens is 2. The number of amides is 2. The Morgan fingerprint density at radius 1 is 1.24 bits per heavy atom. The van der Waals surface area contributed by atoms with E-state index in [-0.39, 0.29) is 42.9 Å². The Bertz CT molecular complexity index is 1040. The number of nitrogens with one attached hydrogen (secondary N) is 1. The summed E-state index contributed by atoms with van der Waals surface area (Å²) in [6.45, 7) is 11.0. The van der Waals surface area contributed by atoms with Crippen molar-refractivity contribution in [2.45, 2.75) is 78.5 Å². The summed E-state index contributed by atoms with van der Waals surface area (Å²) in [7, 11) is 0. The van der Waals surface area contributed by atoms with E-state index in [1.165, 1.54) is 23.4 Å². The van der Waals surface area contributed by atoms with E-state index < -0.39 is 23.6 Å². The van der Waals surface area contributed by atoms with E-state index in [9.17, 15) is 19.5 Å². The first-order chi connectivity index (χ1) is 15.9. The number of likely N-dealkylation sites (tertiary alicyclic amines) is 1. The average Bonchev–Trinajstić information content (AvgIpc) is 3.36. The topological polar surface area (TPSA) is 112 Å². The van der Waals surface area contributed by atoms with Crippen LogP contribution in [-0.4, -0.2) is 61.9 Å². The first-order valence-corrected chi connectivity index (χ1v) is 12.3. The minimum absolute atomic E-state index is 0.0503. The van der Waals surface area contributed by atoms with Crippen LogP contribution in [0.1, 0.15) is 64.6 Å². The van der Waals surface area contributed by atoms with Gasteiger partial charge in [0.15, 0.2) is 5.78 Å². The van der Waals surface area contributed by atoms with Gasteiger partial charge in [0, 0.05) is 26.3 Å². The van der Waals surface area contributed by atoms with Crippen molar-refractivity contribution >= 4 is 29.1 Å². The van der Waals surface area contributed by atoms with Gasteiger partial charge in [-0.15, -0.1) is 5.10 Å². The highest BCUT2D eigenvalue weighted by molar-refractivity contribution is 7.09. The van der Waals surface area contributed by atoms with Gasteiger partial charge < -0.3 is 15.3 Å². The fourth-order valence-corrected chi connectivity index (χ4v) is 5.05. The Kier molecular flexibility index (Phi) is 7.88. The number of aliphatic hydroxyl groups excluding tert-OH is 1. The standard InChI is InChI=1S/C25H34N4O4S/c1-14(17-7-9-18(10-8-17)22-15(2)27-28-34-22)11-21(32)20-12-19(31)13-29(20)24(33)23(25(4,5)6)26-16(3)30/h7-10,14,19-20,23,31H,11-13H2,1-6H3,(H,26,30)/t14-,19-,20+,23-/m1/s1. The van der Waals surface area contributed by atoms with Gasteiger partial charge in [0.1, 0.15) is 6.04 Å². The van der Waals surface area contributed by atoms with Crippen LogP contribution in [0.15, 0.2) is 24.3 Å². The summed E-state index contributed by atoms with van der Waals surface area (Å²) < 4.78 is 3.98. The molecule has 1 aromatic heterocycles. The van der Waals surface area contributed by atoms with Crippen LogP contribution in [0.4, 0.5) is 0 Å². The Morgan fingerprint density at radius 3 is 2.41 bits per heavy atom. The molecule has 1 aliphatic heterocycles. The zero-order valence-electron chi connectivity index (χ0n) is 20.7. The molecule has 8 nitrogen and oxygen atoms in total. The summed E-state index contributed by atoms with van der Waals surface area (Å²) in [6.07, 6.45) is -0.297. The van der Waals surface area contributed by atoms with Gasteiger partial charge in [0.05, 0.1) is 22.7 Å². The molecule has 4 atom stereocenters. The third kappa shape index (κ3) is 5.88. The fraction of sp³-hybridized carbons (Fsp3) is 0.560. The number of Topliss-reactive ketones (excluding diaryl/α,β-unsaturated/α-hetero) is 1. The normalized spacial score (nSPS) is 20.1. The molecule has 3 rings (SSSR count). The van der Waals surface area contributed by atoms with Crippen molar-refractivity contribution < 1.29 is 19.5 Å². The highest BCUT2D eigenvalue weighted by Gasteiger charge is 2.44. The third-order valence-corrected chi connectivity index (χ3v) is 7.17. The molecule has 1 aliphatic rings. The highest BCUT2D eigenvalue weighted by Crippen LogP contribution is 2.31. The monoisotopic (exact) mass is 486 g/mol. The van der Waals surface area contributed by atoms with E-state index in [1.807, 2.05) is 58.9 Å². The summed E-state index contributed by atoms with van der Waals surface area (Å²) in [6, 6.07) is 6.55. The Balaban J connectivity index is 1.72. The van der Waals surface area contributed by atoms with Crippen molar-refractivity contribution in [1.82, 2.24) is 19.8 Å². The molecule has 0 saturated carbocycles. The number of carbonyl (C=O) groups excluding carboxylic acids is 3. The number of carbonyl (C=O) groups is 3. The Morgan fingerprint density at radius 2 is 1.88 bits per heavy atom. The Hall–Kier alpha value is -2.65. The van der Waals surface area contributed by atoms with Gasteiger partial charge in [-0.2, -0.15) is 0 Å². The smallest absolute Gasteiger partial charge is 0.246 e. The molecular formula is C25H34N4O4S.